The van der Waals surface area contributed by atoms with E-state index in [1.54, 1.807) is 6.20 Å². The third-order valence-corrected chi connectivity index (χ3v) is 6.83. The predicted octanol–water partition coefficient (Wildman–Crippen LogP) is 1.57. The molecule has 0 atom stereocenters. The summed E-state index contributed by atoms with van der Waals surface area (Å²) >= 11 is 0. The molecule has 1 fully saturated rings. The second kappa shape index (κ2) is 7.83. The number of oxazole rings is 1. The van der Waals surface area contributed by atoms with Gasteiger partial charge in [0.15, 0.2) is 12.3 Å². The number of aromatic nitrogens is 1. The zero-order chi connectivity index (χ0) is 19.6. The van der Waals surface area contributed by atoms with Gasteiger partial charge in [0.05, 0.1) is 32.4 Å². The fourth-order valence-corrected chi connectivity index (χ4v) is 4.86. The number of piperazine rings is 1. The third kappa shape index (κ3) is 3.84. The van der Waals surface area contributed by atoms with Crippen molar-refractivity contribution in [2.45, 2.75) is 11.4 Å². The van der Waals surface area contributed by atoms with E-state index in [-0.39, 0.29) is 4.90 Å². The molecular weight excluding hydrogens is 381 g/mol. The summed E-state index contributed by atoms with van der Waals surface area (Å²) in [6, 6.07) is 15.2. The van der Waals surface area contributed by atoms with Gasteiger partial charge in [0.25, 0.3) is 5.89 Å². The maximum atomic E-state index is 13.9. The molecule has 0 aliphatic carbocycles. The van der Waals surface area contributed by atoms with Crippen molar-refractivity contribution in [1.29, 1.82) is 0 Å². The summed E-state index contributed by atoms with van der Waals surface area (Å²) in [6.07, 6.45) is 1.71. The standard InChI is InChI=1S/C20H20FN3O3S/c21-17-8-4-5-9-19(17)28(25,26)24-12-10-23(11-13-24)15-20-22-14-18(27-20)16-6-2-1-3-7-16/h1-9,14H,10-13,15H2/p+1. The largest absolute Gasteiger partial charge is 0.435 e. The van der Waals surface area contributed by atoms with Crippen LogP contribution < -0.4 is 4.90 Å². The summed E-state index contributed by atoms with van der Waals surface area (Å²) in [5.41, 5.74) is 0.969. The number of hydrogen-bond acceptors (Lipinski definition) is 4. The van der Waals surface area contributed by atoms with Crippen LogP contribution in [0.5, 0.6) is 0 Å². The van der Waals surface area contributed by atoms with E-state index in [2.05, 4.69) is 4.98 Å². The zero-order valence-electron chi connectivity index (χ0n) is 15.2. The fourth-order valence-electron chi connectivity index (χ4n) is 3.35. The van der Waals surface area contributed by atoms with Crippen LogP contribution in [0.1, 0.15) is 5.89 Å². The Labute approximate surface area is 163 Å². The molecule has 1 aromatic heterocycles. The molecule has 0 bridgehead atoms. The lowest BCUT2D eigenvalue weighted by Gasteiger charge is -2.30. The Balaban J connectivity index is 1.39. The summed E-state index contributed by atoms with van der Waals surface area (Å²) in [5, 5.41) is 0. The molecule has 146 valence electrons. The van der Waals surface area contributed by atoms with Gasteiger partial charge in [-0.05, 0) is 12.1 Å². The maximum Gasteiger partial charge on any atom is 0.250 e. The van der Waals surface area contributed by atoms with Crippen LogP contribution in [0.25, 0.3) is 11.3 Å². The van der Waals surface area contributed by atoms with Crippen molar-refractivity contribution in [3.63, 3.8) is 0 Å². The highest BCUT2D eigenvalue weighted by Crippen LogP contribution is 2.20. The van der Waals surface area contributed by atoms with Crippen LogP contribution in [0.4, 0.5) is 4.39 Å². The molecule has 6 nitrogen and oxygen atoms in total. The normalized spacial score (nSPS) is 16.3. The van der Waals surface area contributed by atoms with Crippen molar-refractivity contribution in [1.82, 2.24) is 9.29 Å². The molecule has 0 amide bonds. The molecule has 1 aliphatic heterocycles. The van der Waals surface area contributed by atoms with Crippen molar-refractivity contribution in [3.8, 4) is 11.3 Å². The smallest absolute Gasteiger partial charge is 0.250 e. The molecule has 0 saturated carbocycles. The van der Waals surface area contributed by atoms with E-state index in [0.29, 0.717) is 38.6 Å². The monoisotopic (exact) mass is 402 g/mol. The van der Waals surface area contributed by atoms with Crippen LogP contribution in [0.3, 0.4) is 0 Å². The number of quaternary nitrogens is 1. The fraction of sp³-hybridized carbons (Fsp3) is 0.250. The van der Waals surface area contributed by atoms with Gasteiger partial charge in [-0.25, -0.2) is 17.8 Å². The molecule has 0 unspecified atom stereocenters. The number of sulfonamides is 1. The van der Waals surface area contributed by atoms with E-state index in [1.165, 1.54) is 33.5 Å². The van der Waals surface area contributed by atoms with Gasteiger partial charge >= 0.3 is 0 Å². The van der Waals surface area contributed by atoms with E-state index in [9.17, 15) is 12.8 Å². The molecule has 1 N–H and O–H groups in total. The van der Waals surface area contributed by atoms with E-state index >= 15 is 0 Å². The first-order chi connectivity index (χ1) is 13.5. The Morgan fingerprint density at radius 2 is 1.71 bits per heavy atom. The van der Waals surface area contributed by atoms with Gasteiger partial charge in [-0.1, -0.05) is 42.5 Å². The Kier molecular flexibility index (Phi) is 5.25. The lowest BCUT2D eigenvalue weighted by atomic mass is 10.2. The minimum absolute atomic E-state index is 0.265. The highest BCUT2D eigenvalue weighted by Gasteiger charge is 2.32. The van der Waals surface area contributed by atoms with Crippen molar-refractivity contribution in [2.24, 2.45) is 0 Å². The van der Waals surface area contributed by atoms with Gasteiger partial charge in [0.1, 0.15) is 10.7 Å². The van der Waals surface area contributed by atoms with Crippen molar-refractivity contribution < 1.29 is 22.1 Å². The van der Waals surface area contributed by atoms with E-state index in [4.69, 9.17) is 4.42 Å². The van der Waals surface area contributed by atoms with Gasteiger partial charge in [-0.15, -0.1) is 0 Å². The third-order valence-electron chi connectivity index (χ3n) is 4.90. The highest BCUT2D eigenvalue weighted by atomic mass is 32.2. The number of nitrogens with zero attached hydrogens (tertiary/aromatic N) is 2. The highest BCUT2D eigenvalue weighted by molar-refractivity contribution is 7.89. The van der Waals surface area contributed by atoms with Crippen LogP contribution in [0, 0.1) is 5.82 Å². The second-order valence-corrected chi connectivity index (χ2v) is 8.65. The SMILES string of the molecule is O=S(=O)(c1ccccc1F)N1CC[NH+](Cc2ncc(-c3ccccc3)o2)CC1. The zero-order valence-corrected chi connectivity index (χ0v) is 16.0. The van der Waals surface area contributed by atoms with Gasteiger partial charge in [0.2, 0.25) is 10.0 Å². The summed E-state index contributed by atoms with van der Waals surface area (Å²) in [4.78, 5) is 5.26. The van der Waals surface area contributed by atoms with Crippen LogP contribution in [-0.2, 0) is 16.6 Å². The van der Waals surface area contributed by atoms with E-state index in [0.717, 1.165) is 11.3 Å². The lowest BCUT2D eigenvalue weighted by Crippen LogP contribution is -3.13. The van der Waals surface area contributed by atoms with Gasteiger partial charge < -0.3 is 9.32 Å². The Morgan fingerprint density at radius 1 is 1.04 bits per heavy atom. The molecule has 4 rings (SSSR count). The summed E-state index contributed by atoms with van der Waals surface area (Å²) in [5.74, 6) is 0.625. The Bertz CT molecular complexity index is 1050. The molecule has 3 aromatic rings. The predicted molar refractivity (Wildman–Crippen MR) is 101 cm³/mol. The average Bonchev–Trinajstić information content (AvgIpc) is 3.18. The van der Waals surface area contributed by atoms with Crippen LogP contribution >= 0.6 is 0 Å². The first-order valence-electron chi connectivity index (χ1n) is 9.12. The van der Waals surface area contributed by atoms with E-state index in [1.807, 2.05) is 30.3 Å². The van der Waals surface area contributed by atoms with E-state index < -0.39 is 15.8 Å². The first kappa shape index (κ1) is 18.8. The molecule has 0 spiro atoms. The number of nitrogens with one attached hydrogen (secondary N) is 1. The van der Waals surface area contributed by atoms with Gasteiger partial charge in [-0.2, -0.15) is 4.31 Å². The Morgan fingerprint density at radius 3 is 2.43 bits per heavy atom. The molecule has 2 heterocycles. The number of benzene rings is 2. The van der Waals surface area contributed by atoms with Gasteiger partial charge in [-0.3, -0.25) is 0 Å². The van der Waals surface area contributed by atoms with Crippen molar-refractivity contribution >= 4 is 10.0 Å². The minimum atomic E-state index is -3.81. The second-order valence-electron chi connectivity index (χ2n) is 6.75. The van der Waals surface area contributed by atoms with Crippen LogP contribution in [0.15, 0.2) is 70.1 Å². The maximum absolute atomic E-state index is 13.9. The van der Waals surface area contributed by atoms with Crippen molar-refractivity contribution in [3.05, 3.63) is 72.5 Å². The molecule has 1 aliphatic rings. The minimum Gasteiger partial charge on any atom is -0.435 e. The molecule has 1 saturated heterocycles. The quantitative estimate of drug-likeness (QED) is 0.704. The van der Waals surface area contributed by atoms with Crippen LogP contribution in [-0.4, -0.2) is 43.9 Å². The molecule has 8 heteroatoms. The number of hydrogen-bond donors (Lipinski definition) is 1. The summed E-state index contributed by atoms with van der Waals surface area (Å²) in [6.45, 7) is 2.46. The van der Waals surface area contributed by atoms with Gasteiger partial charge in [0, 0.05) is 5.56 Å². The summed E-state index contributed by atoms with van der Waals surface area (Å²) in [7, 11) is -3.81. The first-order valence-corrected chi connectivity index (χ1v) is 10.6. The Hall–Kier alpha value is -2.55. The lowest BCUT2D eigenvalue weighted by molar-refractivity contribution is -0.918. The number of rotatable bonds is 5. The topological polar surface area (TPSA) is 67.8 Å². The molecular formula is C20H21FN3O3S+. The molecule has 28 heavy (non-hydrogen) atoms. The average molecular weight is 402 g/mol. The van der Waals surface area contributed by atoms with Crippen LogP contribution in [0.2, 0.25) is 0 Å². The van der Waals surface area contributed by atoms with Crippen molar-refractivity contribution in [2.75, 3.05) is 26.2 Å². The number of halogens is 1. The molecule has 0 radical (unpaired) electrons. The molecule has 2 aromatic carbocycles. The summed E-state index contributed by atoms with van der Waals surface area (Å²) < 4.78 is 46.5.